The molecule has 4 heterocycles. The summed E-state index contributed by atoms with van der Waals surface area (Å²) in [4.78, 5) is 27.3. The molecule has 4 N–H and O–H groups in total. The average Bonchev–Trinajstić information content (AvgIpc) is 3.49. The molecule has 0 aliphatic carbocycles. The number of hydrogen-bond acceptors (Lipinski definition) is 9. The van der Waals surface area contributed by atoms with Gasteiger partial charge in [-0.25, -0.2) is 15.4 Å². The zero-order valence-electron chi connectivity index (χ0n) is 19.0. The number of benzene rings is 1. The van der Waals surface area contributed by atoms with Gasteiger partial charge in [-0.2, -0.15) is 5.10 Å². The fourth-order valence-electron chi connectivity index (χ4n) is 4.20. The van der Waals surface area contributed by atoms with Gasteiger partial charge < -0.3 is 10.2 Å². The standard InChI is InChI=1S/C23H28N8O2S/c1-30-8-10-31(11-9-30)14-15-12-19-21(34-15)23(24-7-3-6-20(32)29-33)27-22(26-19)16-4-2-5-18-17(16)13-25-28-18/h2,4-5,12-13,33H,3,6-11,14H2,1H3,(H,25,28)(H,29,32)(H,24,26,27). The lowest BCUT2D eigenvalue weighted by atomic mass is 10.1. The number of nitrogens with zero attached hydrogens (tertiary/aromatic N) is 5. The van der Waals surface area contributed by atoms with Crippen molar-refractivity contribution >= 4 is 44.2 Å². The van der Waals surface area contributed by atoms with Gasteiger partial charge in [-0.15, -0.1) is 11.3 Å². The van der Waals surface area contributed by atoms with Gasteiger partial charge in [0.2, 0.25) is 5.91 Å². The molecule has 0 atom stereocenters. The lowest BCUT2D eigenvalue weighted by Gasteiger charge is -2.31. The Kier molecular flexibility index (Phi) is 6.68. The Morgan fingerprint density at radius 3 is 2.91 bits per heavy atom. The monoisotopic (exact) mass is 480 g/mol. The summed E-state index contributed by atoms with van der Waals surface area (Å²) in [7, 11) is 2.16. The van der Waals surface area contributed by atoms with E-state index in [0.717, 1.165) is 65.2 Å². The summed E-state index contributed by atoms with van der Waals surface area (Å²) in [5.74, 6) is 1.01. The van der Waals surface area contributed by atoms with Gasteiger partial charge in [0, 0.05) is 61.5 Å². The number of H-pyrrole nitrogens is 1. The number of thiophene rings is 1. The van der Waals surface area contributed by atoms with Crippen molar-refractivity contribution in [1.29, 1.82) is 0 Å². The van der Waals surface area contributed by atoms with Crippen molar-refractivity contribution in [3.63, 3.8) is 0 Å². The van der Waals surface area contributed by atoms with Crippen LogP contribution in [0.3, 0.4) is 0 Å². The zero-order valence-corrected chi connectivity index (χ0v) is 19.9. The number of nitrogens with one attached hydrogen (secondary N) is 3. The molecular formula is C23H28N8O2S. The molecule has 0 spiro atoms. The van der Waals surface area contributed by atoms with E-state index in [0.29, 0.717) is 18.8 Å². The number of anilines is 1. The second-order valence-corrected chi connectivity index (χ2v) is 9.74. The van der Waals surface area contributed by atoms with Gasteiger partial charge in [-0.1, -0.05) is 12.1 Å². The van der Waals surface area contributed by atoms with E-state index < -0.39 is 5.91 Å². The lowest BCUT2D eigenvalue weighted by Crippen LogP contribution is -2.43. The number of aromatic amines is 1. The first-order valence-electron chi connectivity index (χ1n) is 11.4. The smallest absolute Gasteiger partial charge is 0.243 e. The van der Waals surface area contributed by atoms with Crippen LogP contribution in [-0.2, 0) is 11.3 Å². The number of carbonyl (C=O) groups is 1. The van der Waals surface area contributed by atoms with E-state index in [1.807, 2.05) is 18.2 Å². The molecule has 0 radical (unpaired) electrons. The van der Waals surface area contributed by atoms with Crippen molar-refractivity contribution < 1.29 is 10.0 Å². The van der Waals surface area contributed by atoms with E-state index in [1.54, 1.807) is 23.0 Å². The van der Waals surface area contributed by atoms with Crippen LogP contribution < -0.4 is 10.8 Å². The van der Waals surface area contributed by atoms with Crippen molar-refractivity contribution in [2.24, 2.45) is 0 Å². The normalized spacial score (nSPS) is 15.2. The summed E-state index contributed by atoms with van der Waals surface area (Å²) >= 11 is 1.72. The van der Waals surface area contributed by atoms with Gasteiger partial charge in [0.25, 0.3) is 0 Å². The SMILES string of the molecule is CN1CCN(Cc2cc3nc(-c4cccc5[nH]ncc45)nc(NCCCC(=O)NO)c3s2)CC1. The van der Waals surface area contributed by atoms with Gasteiger partial charge in [0.15, 0.2) is 5.82 Å². The highest BCUT2D eigenvalue weighted by atomic mass is 32.1. The molecule has 5 rings (SSSR count). The Bertz CT molecular complexity index is 1290. The molecule has 10 nitrogen and oxygen atoms in total. The highest BCUT2D eigenvalue weighted by Gasteiger charge is 2.18. The summed E-state index contributed by atoms with van der Waals surface area (Å²) in [5.41, 5.74) is 4.44. The first-order valence-corrected chi connectivity index (χ1v) is 12.2. The highest BCUT2D eigenvalue weighted by molar-refractivity contribution is 7.19. The van der Waals surface area contributed by atoms with Crippen LogP contribution in [0.4, 0.5) is 5.82 Å². The van der Waals surface area contributed by atoms with E-state index in [1.165, 1.54) is 4.88 Å². The van der Waals surface area contributed by atoms with E-state index in [2.05, 4.69) is 38.4 Å². The fraction of sp³-hybridized carbons (Fsp3) is 0.391. The van der Waals surface area contributed by atoms with Crippen LogP contribution in [0.5, 0.6) is 0 Å². The quantitative estimate of drug-likeness (QED) is 0.173. The van der Waals surface area contributed by atoms with E-state index in [9.17, 15) is 4.79 Å². The van der Waals surface area contributed by atoms with Crippen LogP contribution >= 0.6 is 11.3 Å². The summed E-state index contributed by atoms with van der Waals surface area (Å²) in [6, 6.07) is 8.13. The van der Waals surface area contributed by atoms with Crippen molar-refractivity contribution in [2.45, 2.75) is 19.4 Å². The van der Waals surface area contributed by atoms with Crippen LogP contribution in [-0.4, -0.2) is 80.9 Å². The van der Waals surface area contributed by atoms with Crippen LogP contribution in [0, 0.1) is 0 Å². The molecule has 0 saturated carbocycles. The molecule has 11 heteroatoms. The van der Waals surface area contributed by atoms with Crippen molar-refractivity contribution in [2.75, 3.05) is 45.1 Å². The Labute approximate surface area is 201 Å². The molecule has 1 aromatic carbocycles. The van der Waals surface area contributed by atoms with Crippen LogP contribution in [0.2, 0.25) is 0 Å². The van der Waals surface area contributed by atoms with Crippen LogP contribution in [0.25, 0.3) is 32.5 Å². The Hall–Kier alpha value is -3.12. The number of hydroxylamine groups is 1. The van der Waals surface area contributed by atoms with E-state index in [-0.39, 0.29) is 6.42 Å². The number of amides is 1. The third-order valence-electron chi connectivity index (χ3n) is 6.12. The molecule has 34 heavy (non-hydrogen) atoms. The van der Waals surface area contributed by atoms with Crippen molar-refractivity contribution in [3.05, 3.63) is 35.3 Å². The van der Waals surface area contributed by atoms with Gasteiger partial charge >= 0.3 is 0 Å². The predicted molar refractivity (Wildman–Crippen MR) is 133 cm³/mol. The molecule has 1 fully saturated rings. The number of fused-ring (bicyclic) bond motifs is 2. The Morgan fingerprint density at radius 2 is 2.09 bits per heavy atom. The number of aromatic nitrogens is 4. The summed E-state index contributed by atoms with van der Waals surface area (Å²) < 4.78 is 1.01. The summed E-state index contributed by atoms with van der Waals surface area (Å²) in [5, 5.41) is 20.3. The summed E-state index contributed by atoms with van der Waals surface area (Å²) in [6.45, 7) is 5.73. The Balaban J connectivity index is 1.46. The maximum atomic E-state index is 11.4. The molecule has 1 amide bonds. The summed E-state index contributed by atoms with van der Waals surface area (Å²) in [6.07, 6.45) is 2.60. The molecule has 0 unspecified atom stereocenters. The molecule has 178 valence electrons. The first kappa shape index (κ1) is 22.7. The zero-order chi connectivity index (χ0) is 23.5. The van der Waals surface area contributed by atoms with Gasteiger partial charge in [0.1, 0.15) is 5.82 Å². The second kappa shape index (κ2) is 10.0. The first-order chi connectivity index (χ1) is 16.6. The number of likely N-dealkylation sites (N-methyl/N-ethyl adjacent to an activating group) is 1. The maximum Gasteiger partial charge on any atom is 0.243 e. The number of rotatable bonds is 8. The maximum absolute atomic E-state index is 11.4. The molecule has 1 aliphatic rings. The predicted octanol–water partition coefficient (Wildman–Crippen LogP) is 2.68. The molecule has 1 saturated heterocycles. The van der Waals surface area contributed by atoms with Gasteiger partial charge in [-0.3, -0.25) is 20.0 Å². The largest absolute Gasteiger partial charge is 0.369 e. The number of piperazine rings is 1. The van der Waals surface area contributed by atoms with Crippen LogP contribution in [0.15, 0.2) is 30.5 Å². The van der Waals surface area contributed by atoms with Gasteiger partial charge in [0.05, 0.1) is 21.9 Å². The Morgan fingerprint density at radius 1 is 1.24 bits per heavy atom. The van der Waals surface area contributed by atoms with Gasteiger partial charge in [-0.05, 0) is 25.6 Å². The lowest BCUT2D eigenvalue weighted by molar-refractivity contribution is -0.129. The third-order valence-corrected chi connectivity index (χ3v) is 7.24. The topological polar surface area (TPSA) is 122 Å². The number of hydrogen-bond donors (Lipinski definition) is 4. The van der Waals surface area contributed by atoms with E-state index >= 15 is 0 Å². The third kappa shape index (κ3) is 4.87. The second-order valence-electron chi connectivity index (χ2n) is 8.60. The molecule has 3 aromatic heterocycles. The number of carbonyl (C=O) groups excluding carboxylic acids is 1. The molecule has 1 aliphatic heterocycles. The fourth-order valence-corrected chi connectivity index (χ4v) is 5.30. The highest BCUT2D eigenvalue weighted by Crippen LogP contribution is 2.34. The molecular weight excluding hydrogens is 452 g/mol. The minimum absolute atomic E-state index is 0.234. The van der Waals surface area contributed by atoms with Crippen LogP contribution in [0.1, 0.15) is 17.7 Å². The van der Waals surface area contributed by atoms with E-state index in [4.69, 9.17) is 15.2 Å². The minimum Gasteiger partial charge on any atom is -0.369 e. The average molecular weight is 481 g/mol. The van der Waals surface area contributed by atoms with Crippen molar-refractivity contribution in [1.82, 2.24) is 35.4 Å². The molecule has 4 aromatic rings. The molecule has 0 bridgehead atoms. The van der Waals surface area contributed by atoms with Crippen molar-refractivity contribution in [3.8, 4) is 11.4 Å². The minimum atomic E-state index is -0.396.